The Balaban J connectivity index is 5.18. The molecule has 82 valence electrons. The minimum Gasteiger partial charge on any atom is -0.293 e. The summed E-state index contributed by atoms with van der Waals surface area (Å²) < 4.78 is 26.4. The second-order valence-corrected chi connectivity index (χ2v) is 5.08. The zero-order valence-corrected chi connectivity index (χ0v) is 9.30. The Bertz CT molecular complexity index is 331. The Hall–Kier alpha value is -0.720. The highest BCUT2D eigenvalue weighted by atomic mass is 32.2. The van der Waals surface area contributed by atoms with Crippen LogP contribution in [0.15, 0.2) is 12.2 Å². The number of hydrogen-bond donors (Lipinski definition) is 1. The first-order chi connectivity index (χ1) is 6.24. The lowest BCUT2D eigenvalue weighted by Crippen LogP contribution is -2.37. The molecular formula is C8H15NO4S. The van der Waals surface area contributed by atoms with Crippen LogP contribution < -0.4 is 5.90 Å². The normalized spacial score (nSPS) is 14.1. The molecule has 0 heterocycles. The summed E-state index contributed by atoms with van der Waals surface area (Å²) in [5, 5.41) is -1.27. The quantitative estimate of drug-likeness (QED) is 0.535. The molecule has 0 aliphatic heterocycles. The maximum Gasteiger partial charge on any atom is 0.293 e. The van der Waals surface area contributed by atoms with Crippen LogP contribution in [0.2, 0.25) is 0 Å². The molecule has 0 amide bonds. The maximum absolute atomic E-state index is 11.5. The molecule has 0 aromatic rings. The molecule has 2 N–H and O–H groups in total. The number of hydrogen-bond acceptors (Lipinski definition) is 5. The maximum atomic E-state index is 11.5. The number of carbonyl (C=O) groups excluding carboxylic acids is 1. The van der Waals surface area contributed by atoms with E-state index in [0.717, 1.165) is 0 Å². The van der Waals surface area contributed by atoms with Crippen LogP contribution in [0.3, 0.4) is 0 Å². The van der Waals surface area contributed by atoms with E-state index in [-0.39, 0.29) is 5.57 Å². The number of ketones is 1. The van der Waals surface area contributed by atoms with Gasteiger partial charge in [-0.3, -0.25) is 4.79 Å². The number of rotatable bonds is 5. The van der Waals surface area contributed by atoms with Crippen LogP contribution in [0.4, 0.5) is 0 Å². The van der Waals surface area contributed by atoms with E-state index in [0.29, 0.717) is 0 Å². The molecule has 0 fully saturated rings. The monoisotopic (exact) mass is 221 g/mol. The Morgan fingerprint density at radius 2 is 1.86 bits per heavy atom. The highest BCUT2D eigenvalue weighted by Gasteiger charge is 2.36. The number of nitrogens with two attached hydrogens (primary N) is 1. The Morgan fingerprint density at radius 1 is 1.43 bits per heavy atom. The number of allylic oxidation sites excluding steroid dienone is 1. The topological polar surface area (TPSA) is 86.5 Å². The molecule has 0 saturated carbocycles. The van der Waals surface area contributed by atoms with Crippen LogP contribution in [0.1, 0.15) is 20.8 Å². The van der Waals surface area contributed by atoms with Gasteiger partial charge in [-0.05, 0) is 18.4 Å². The molecule has 14 heavy (non-hydrogen) atoms. The van der Waals surface area contributed by atoms with Gasteiger partial charge in [-0.15, -0.1) is 0 Å². The van der Waals surface area contributed by atoms with Gasteiger partial charge in [-0.1, -0.05) is 20.4 Å². The van der Waals surface area contributed by atoms with E-state index in [4.69, 9.17) is 0 Å². The minimum absolute atomic E-state index is 0.171. The fourth-order valence-electron chi connectivity index (χ4n) is 1.07. The fourth-order valence-corrected chi connectivity index (χ4v) is 2.32. The standard InChI is InChI=1S/C8H15NO4S/c1-5(2)7(10)8(6(3)4)14(11,12)13-9/h6,8H,1,9H2,2-4H3. The van der Waals surface area contributed by atoms with Gasteiger partial charge >= 0.3 is 0 Å². The summed E-state index contributed by atoms with van der Waals surface area (Å²) in [6.45, 7) is 8.04. The molecule has 0 saturated heterocycles. The molecule has 1 unspecified atom stereocenters. The molecule has 0 bridgehead atoms. The summed E-state index contributed by atoms with van der Waals surface area (Å²) in [5.41, 5.74) is 0.171. The smallest absolute Gasteiger partial charge is 0.293 e. The molecule has 1 atom stereocenters. The van der Waals surface area contributed by atoms with Gasteiger partial charge in [0.1, 0.15) is 0 Å². The van der Waals surface area contributed by atoms with E-state index in [1.165, 1.54) is 6.92 Å². The second kappa shape index (κ2) is 4.68. The van der Waals surface area contributed by atoms with E-state index in [9.17, 15) is 13.2 Å². The van der Waals surface area contributed by atoms with Gasteiger partial charge in [0.2, 0.25) is 0 Å². The van der Waals surface area contributed by atoms with Gasteiger partial charge in [0.05, 0.1) is 0 Å². The summed E-state index contributed by atoms with van der Waals surface area (Å²) in [6, 6.07) is 0. The Morgan fingerprint density at radius 3 is 2.07 bits per heavy atom. The SMILES string of the molecule is C=C(C)C(=O)C(C(C)C)S(=O)(=O)ON. The lowest BCUT2D eigenvalue weighted by molar-refractivity contribution is -0.115. The summed E-state index contributed by atoms with van der Waals surface area (Å²) in [6.07, 6.45) is 0. The molecule has 0 aliphatic carbocycles. The number of Topliss-reactive ketones (excluding diaryl/α,β-unsaturated/α-hetero) is 1. The van der Waals surface area contributed by atoms with Crippen LogP contribution in [-0.4, -0.2) is 19.5 Å². The molecule has 0 aliphatic rings. The average molecular weight is 221 g/mol. The zero-order chi connectivity index (χ0) is 11.5. The predicted octanol–water partition coefficient (Wildman–Crippen LogP) is 0.376. The van der Waals surface area contributed by atoms with Gasteiger partial charge in [-0.2, -0.15) is 18.6 Å². The van der Waals surface area contributed by atoms with Crippen LogP contribution >= 0.6 is 0 Å². The highest BCUT2D eigenvalue weighted by molar-refractivity contribution is 7.88. The molecular weight excluding hydrogens is 206 g/mol. The summed E-state index contributed by atoms with van der Waals surface area (Å²) >= 11 is 0. The van der Waals surface area contributed by atoms with Crippen molar-refractivity contribution in [2.75, 3.05) is 0 Å². The zero-order valence-electron chi connectivity index (χ0n) is 8.48. The van der Waals surface area contributed by atoms with E-state index in [2.05, 4.69) is 16.8 Å². The van der Waals surface area contributed by atoms with Crippen molar-refractivity contribution < 1.29 is 17.5 Å². The molecule has 0 aromatic heterocycles. The van der Waals surface area contributed by atoms with Crippen LogP contribution in [-0.2, 0) is 19.2 Å². The van der Waals surface area contributed by atoms with Gasteiger partial charge in [0.25, 0.3) is 10.1 Å². The average Bonchev–Trinajstić information content (AvgIpc) is 2.03. The van der Waals surface area contributed by atoms with Crippen molar-refractivity contribution in [3.63, 3.8) is 0 Å². The van der Waals surface area contributed by atoms with E-state index < -0.39 is 27.1 Å². The molecule has 6 heteroatoms. The van der Waals surface area contributed by atoms with E-state index >= 15 is 0 Å². The van der Waals surface area contributed by atoms with Crippen molar-refractivity contribution in [3.05, 3.63) is 12.2 Å². The molecule has 0 spiro atoms. The highest BCUT2D eigenvalue weighted by Crippen LogP contribution is 2.17. The summed E-state index contributed by atoms with van der Waals surface area (Å²) in [5.74, 6) is 3.64. The van der Waals surface area contributed by atoms with Crippen molar-refractivity contribution in [1.82, 2.24) is 0 Å². The van der Waals surface area contributed by atoms with Gasteiger partial charge < -0.3 is 0 Å². The van der Waals surface area contributed by atoms with Gasteiger partial charge in [-0.25, -0.2) is 0 Å². The first kappa shape index (κ1) is 13.3. The van der Waals surface area contributed by atoms with Crippen LogP contribution in [0, 0.1) is 5.92 Å². The first-order valence-corrected chi connectivity index (χ1v) is 5.53. The lowest BCUT2D eigenvalue weighted by Gasteiger charge is -2.17. The third-order valence-electron chi connectivity index (χ3n) is 1.73. The van der Waals surface area contributed by atoms with Gasteiger partial charge in [0.15, 0.2) is 11.0 Å². The lowest BCUT2D eigenvalue weighted by atomic mass is 10.0. The second-order valence-electron chi connectivity index (χ2n) is 3.40. The largest absolute Gasteiger partial charge is 0.293 e. The van der Waals surface area contributed by atoms with E-state index in [1.807, 2.05) is 0 Å². The Labute approximate surface area is 84.0 Å². The van der Waals surface area contributed by atoms with Crippen molar-refractivity contribution in [2.24, 2.45) is 11.8 Å². The summed E-state index contributed by atoms with van der Waals surface area (Å²) in [7, 11) is -4.04. The van der Waals surface area contributed by atoms with E-state index in [1.54, 1.807) is 13.8 Å². The first-order valence-electron chi connectivity index (χ1n) is 4.06. The fraction of sp³-hybridized carbons (Fsp3) is 0.625. The summed E-state index contributed by atoms with van der Waals surface area (Å²) in [4.78, 5) is 11.5. The van der Waals surface area contributed by atoms with Crippen LogP contribution in [0.25, 0.3) is 0 Å². The minimum atomic E-state index is -4.04. The van der Waals surface area contributed by atoms with Crippen molar-refractivity contribution in [3.8, 4) is 0 Å². The number of carbonyl (C=O) groups is 1. The van der Waals surface area contributed by atoms with Crippen molar-refractivity contribution in [1.29, 1.82) is 0 Å². The third kappa shape index (κ3) is 2.90. The third-order valence-corrected chi connectivity index (χ3v) is 3.38. The molecule has 0 radical (unpaired) electrons. The molecule has 0 aromatic carbocycles. The van der Waals surface area contributed by atoms with Crippen LogP contribution in [0.5, 0.6) is 0 Å². The Kier molecular flexibility index (Phi) is 4.44. The van der Waals surface area contributed by atoms with Crippen molar-refractivity contribution >= 4 is 15.9 Å². The van der Waals surface area contributed by atoms with Gasteiger partial charge in [0, 0.05) is 0 Å². The molecule has 5 nitrogen and oxygen atoms in total. The van der Waals surface area contributed by atoms with Crippen molar-refractivity contribution in [2.45, 2.75) is 26.0 Å². The molecule has 0 rings (SSSR count). The predicted molar refractivity (Wildman–Crippen MR) is 52.6 cm³/mol.